The lowest BCUT2D eigenvalue weighted by Crippen LogP contribution is -2.45. The predicted octanol–water partition coefficient (Wildman–Crippen LogP) is 3.15. The molecule has 8 heteroatoms. The molecule has 1 aromatic carbocycles. The smallest absolute Gasteiger partial charge is 0.232 e. The van der Waals surface area contributed by atoms with Gasteiger partial charge in [-0.1, -0.05) is 12.1 Å². The number of piperazine rings is 1. The van der Waals surface area contributed by atoms with E-state index in [0.29, 0.717) is 31.1 Å². The van der Waals surface area contributed by atoms with Gasteiger partial charge in [0.25, 0.3) is 0 Å². The fourth-order valence-electron chi connectivity index (χ4n) is 4.24. The Bertz CT molecular complexity index is 871. The molecule has 7 nitrogen and oxygen atoms in total. The molecule has 2 aliphatic rings. The SMILES string of the molecule is CCC(=O)N(Cc1c(-c2ccc(F)cc2)noc1N1CCN(C)CC1)CC1CCCO1. The van der Waals surface area contributed by atoms with Crippen molar-refractivity contribution in [1.82, 2.24) is 15.0 Å². The first-order valence-electron chi connectivity index (χ1n) is 11.1. The fourth-order valence-corrected chi connectivity index (χ4v) is 4.24. The van der Waals surface area contributed by atoms with Crippen LogP contribution in [-0.4, -0.2) is 73.3 Å². The van der Waals surface area contributed by atoms with E-state index in [1.165, 1.54) is 12.1 Å². The zero-order valence-electron chi connectivity index (χ0n) is 18.3. The van der Waals surface area contributed by atoms with Gasteiger partial charge >= 0.3 is 0 Å². The summed E-state index contributed by atoms with van der Waals surface area (Å²) in [5.74, 6) is 0.481. The van der Waals surface area contributed by atoms with E-state index in [-0.39, 0.29) is 17.8 Å². The van der Waals surface area contributed by atoms with Crippen molar-refractivity contribution in [1.29, 1.82) is 0 Å². The lowest BCUT2D eigenvalue weighted by Gasteiger charge is -2.33. The number of ether oxygens (including phenoxy) is 1. The first-order valence-corrected chi connectivity index (χ1v) is 11.1. The average Bonchev–Trinajstić information content (AvgIpc) is 3.44. The Balaban J connectivity index is 1.66. The molecule has 0 saturated carbocycles. The number of anilines is 1. The molecule has 0 N–H and O–H groups in total. The molecule has 1 amide bonds. The van der Waals surface area contributed by atoms with Gasteiger partial charge in [-0.3, -0.25) is 4.79 Å². The van der Waals surface area contributed by atoms with Crippen molar-refractivity contribution in [2.45, 2.75) is 38.8 Å². The zero-order valence-corrected chi connectivity index (χ0v) is 18.3. The number of halogens is 1. The summed E-state index contributed by atoms with van der Waals surface area (Å²) in [4.78, 5) is 19.1. The Hall–Kier alpha value is -2.45. The fraction of sp³-hybridized carbons (Fsp3) is 0.565. The van der Waals surface area contributed by atoms with Gasteiger partial charge in [-0.05, 0) is 44.2 Å². The maximum absolute atomic E-state index is 13.5. The van der Waals surface area contributed by atoms with Crippen LogP contribution in [0.5, 0.6) is 0 Å². The van der Waals surface area contributed by atoms with E-state index in [4.69, 9.17) is 9.26 Å². The van der Waals surface area contributed by atoms with Gasteiger partial charge in [0.15, 0.2) is 0 Å². The van der Waals surface area contributed by atoms with Crippen molar-refractivity contribution < 1.29 is 18.4 Å². The molecule has 0 spiro atoms. The second kappa shape index (κ2) is 9.78. The number of amides is 1. The third-order valence-electron chi connectivity index (χ3n) is 6.13. The Kier molecular flexibility index (Phi) is 6.87. The molecule has 0 aliphatic carbocycles. The molecule has 2 fully saturated rings. The van der Waals surface area contributed by atoms with Gasteiger partial charge in [-0.2, -0.15) is 0 Å². The first-order chi connectivity index (χ1) is 15.0. The molecule has 3 heterocycles. The molecule has 0 radical (unpaired) electrons. The normalized spacial score (nSPS) is 19.7. The number of hydrogen-bond donors (Lipinski definition) is 0. The number of carbonyl (C=O) groups is 1. The average molecular weight is 431 g/mol. The van der Waals surface area contributed by atoms with E-state index in [1.54, 1.807) is 12.1 Å². The number of likely N-dealkylation sites (N-methyl/N-ethyl adjacent to an activating group) is 1. The van der Waals surface area contributed by atoms with Crippen molar-refractivity contribution in [3.63, 3.8) is 0 Å². The standard InChI is InChI=1S/C23H31FN4O3/c1-3-21(29)28(15-19-5-4-14-30-19)16-20-22(17-6-8-18(24)9-7-17)25-31-23(20)27-12-10-26(2)11-13-27/h6-9,19H,3-5,10-16H2,1-2H3. The Labute approximate surface area is 182 Å². The minimum Gasteiger partial charge on any atom is -0.376 e. The highest BCUT2D eigenvalue weighted by atomic mass is 19.1. The van der Waals surface area contributed by atoms with E-state index in [9.17, 15) is 9.18 Å². The molecule has 2 aliphatic heterocycles. The number of carbonyl (C=O) groups excluding carboxylic acids is 1. The van der Waals surface area contributed by atoms with Gasteiger partial charge in [-0.15, -0.1) is 0 Å². The summed E-state index contributed by atoms with van der Waals surface area (Å²) in [7, 11) is 2.10. The van der Waals surface area contributed by atoms with Crippen LogP contribution < -0.4 is 4.90 Å². The van der Waals surface area contributed by atoms with Gasteiger partial charge in [0.05, 0.1) is 18.2 Å². The summed E-state index contributed by atoms with van der Waals surface area (Å²) < 4.78 is 25.1. The largest absolute Gasteiger partial charge is 0.376 e. The monoisotopic (exact) mass is 430 g/mol. The van der Waals surface area contributed by atoms with Crippen molar-refractivity contribution in [3.8, 4) is 11.3 Å². The summed E-state index contributed by atoms with van der Waals surface area (Å²) in [6, 6.07) is 6.25. The number of aromatic nitrogens is 1. The van der Waals surface area contributed by atoms with E-state index in [1.807, 2.05) is 11.8 Å². The van der Waals surface area contributed by atoms with Crippen LogP contribution in [0.4, 0.5) is 10.3 Å². The van der Waals surface area contributed by atoms with E-state index >= 15 is 0 Å². The van der Waals surface area contributed by atoms with Crippen LogP contribution in [0.15, 0.2) is 28.8 Å². The molecule has 0 bridgehead atoms. The molecule has 1 atom stereocenters. The first kappa shape index (κ1) is 21.8. The highest BCUT2D eigenvalue weighted by Gasteiger charge is 2.29. The summed E-state index contributed by atoms with van der Waals surface area (Å²) in [5, 5.41) is 4.36. The minimum atomic E-state index is -0.297. The number of nitrogens with zero attached hydrogens (tertiary/aromatic N) is 4. The van der Waals surface area contributed by atoms with Crippen LogP contribution in [0.25, 0.3) is 11.3 Å². The lowest BCUT2D eigenvalue weighted by atomic mass is 10.1. The summed E-state index contributed by atoms with van der Waals surface area (Å²) in [5.41, 5.74) is 2.31. The summed E-state index contributed by atoms with van der Waals surface area (Å²) in [6.07, 6.45) is 2.48. The van der Waals surface area contributed by atoms with Crippen LogP contribution in [0.1, 0.15) is 31.7 Å². The van der Waals surface area contributed by atoms with Crippen molar-refractivity contribution >= 4 is 11.8 Å². The van der Waals surface area contributed by atoms with Gasteiger partial charge in [0.1, 0.15) is 11.5 Å². The van der Waals surface area contributed by atoms with E-state index in [2.05, 4.69) is 22.0 Å². The Morgan fingerprint density at radius 3 is 2.61 bits per heavy atom. The van der Waals surface area contributed by atoms with Crippen molar-refractivity contribution in [2.24, 2.45) is 0 Å². The molecule has 2 aromatic rings. The Morgan fingerprint density at radius 1 is 1.23 bits per heavy atom. The summed E-state index contributed by atoms with van der Waals surface area (Å²) in [6.45, 7) is 7.09. The van der Waals surface area contributed by atoms with E-state index in [0.717, 1.165) is 56.8 Å². The molecule has 168 valence electrons. The number of hydrogen-bond acceptors (Lipinski definition) is 6. The third-order valence-corrected chi connectivity index (χ3v) is 6.13. The molecule has 2 saturated heterocycles. The van der Waals surface area contributed by atoms with Gasteiger partial charge in [0.2, 0.25) is 11.8 Å². The molecular weight excluding hydrogens is 399 g/mol. The highest BCUT2D eigenvalue weighted by Crippen LogP contribution is 2.33. The van der Waals surface area contributed by atoms with Crippen LogP contribution in [0.3, 0.4) is 0 Å². The van der Waals surface area contributed by atoms with Crippen LogP contribution in [0.2, 0.25) is 0 Å². The highest BCUT2D eigenvalue weighted by molar-refractivity contribution is 5.77. The van der Waals surface area contributed by atoms with Crippen LogP contribution in [-0.2, 0) is 16.1 Å². The van der Waals surface area contributed by atoms with Crippen LogP contribution >= 0.6 is 0 Å². The second-order valence-electron chi connectivity index (χ2n) is 8.37. The third kappa shape index (κ3) is 5.07. The van der Waals surface area contributed by atoms with Gasteiger partial charge < -0.3 is 24.0 Å². The summed E-state index contributed by atoms with van der Waals surface area (Å²) >= 11 is 0. The predicted molar refractivity (Wildman–Crippen MR) is 116 cm³/mol. The topological polar surface area (TPSA) is 62.1 Å². The zero-order chi connectivity index (χ0) is 21.8. The molecule has 1 aromatic heterocycles. The van der Waals surface area contributed by atoms with Crippen molar-refractivity contribution in [3.05, 3.63) is 35.6 Å². The number of benzene rings is 1. The van der Waals surface area contributed by atoms with Gasteiger partial charge in [0, 0.05) is 51.3 Å². The molecule has 1 unspecified atom stereocenters. The van der Waals surface area contributed by atoms with E-state index < -0.39 is 0 Å². The number of rotatable bonds is 7. The van der Waals surface area contributed by atoms with Crippen LogP contribution in [0, 0.1) is 5.82 Å². The molecule has 31 heavy (non-hydrogen) atoms. The molecular formula is C23H31FN4O3. The minimum absolute atomic E-state index is 0.0664. The maximum atomic E-state index is 13.5. The van der Waals surface area contributed by atoms with Gasteiger partial charge in [-0.25, -0.2) is 4.39 Å². The molecule has 4 rings (SSSR count). The quantitative estimate of drug-likeness (QED) is 0.673. The maximum Gasteiger partial charge on any atom is 0.232 e. The lowest BCUT2D eigenvalue weighted by molar-refractivity contribution is -0.133. The second-order valence-corrected chi connectivity index (χ2v) is 8.37. The van der Waals surface area contributed by atoms with Crippen molar-refractivity contribution in [2.75, 3.05) is 51.3 Å². The Morgan fingerprint density at radius 2 is 1.97 bits per heavy atom.